The van der Waals surface area contributed by atoms with E-state index in [1.165, 1.54) is 0 Å². The molecule has 22 heavy (non-hydrogen) atoms. The maximum atomic E-state index is 12.3. The van der Waals surface area contributed by atoms with E-state index in [-0.39, 0.29) is 11.8 Å². The molecule has 0 saturated heterocycles. The van der Waals surface area contributed by atoms with E-state index in [0.717, 1.165) is 22.4 Å². The Kier molecular flexibility index (Phi) is 3.75. The van der Waals surface area contributed by atoms with E-state index in [9.17, 15) is 4.79 Å². The fourth-order valence-corrected chi connectivity index (χ4v) is 2.95. The van der Waals surface area contributed by atoms with Gasteiger partial charge in [0, 0.05) is 5.69 Å². The normalized spacial score (nSPS) is 16.1. The van der Waals surface area contributed by atoms with Crippen LogP contribution in [0.4, 0.5) is 5.69 Å². The van der Waals surface area contributed by atoms with Crippen molar-refractivity contribution in [2.45, 2.75) is 19.3 Å². The van der Waals surface area contributed by atoms with Crippen LogP contribution in [0.2, 0.25) is 0 Å². The van der Waals surface area contributed by atoms with E-state index in [1.807, 2.05) is 43.3 Å². The fourth-order valence-electron chi connectivity index (χ4n) is 2.95. The van der Waals surface area contributed by atoms with Gasteiger partial charge in [0.2, 0.25) is 5.91 Å². The molecule has 1 aliphatic heterocycles. The number of aryl methyl sites for hydroxylation is 1. The minimum atomic E-state index is -0.159. The number of fused-ring (bicyclic) bond motifs is 1. The molecule has 0 aliphatic carbocycles. The highest BCUT2D eigenvalue weighted by Crippen LogP contribution is 2.38. The Morgan fingerprint density at radius 2 is 1.86 bits per heavy atom. The average Bonchev–Trinajstić information content (AvgIpc) is 2.85. The molecule has 0 saturated carbocycles. The lowest BCUT2D eigenvalue weighted by molar-refractivity contribution is -0.117. The van der Waals surface area contributed by atoms with Crippen LogP contribution in [-0.2, 0) is 11.2 Å². The molecule has 1 heterocycles. The third-order valence-corrected chi connectivity index (χ3v) is 4.13. The van der Waals surface area contributed by atoms with Crippen molar-refractivity contribution in [2.24, 2.45) is 0 Å². The number of ether oxygens (including phenoxy) is 2. The Bertz CT molecular complexity index is 724. The van der Waals surface area contributed by atoms with Gasteiger partial charge in [-0.05, 0) is 42.2 Å². The van der Waals surface area contributed by atoms with Crippen LogP contribution in [0.3, 0.4) is 0 Å². The van der Waals surface area contributed by atoms with Crippen LogP contribution < -0.4 is 14.8 Å². The summed E-state index contributed by atoms with van der Waals surface area (Å²) in [6.45, 7) is 2.01. The first-order chi connectivity index (χ1) is 10.6. The summed E-state index contributed by atoms with van der Waals surface area (Å²) in [6.07, 6.45) is 0.642. The largest absolute Gasteiger partial charge is 0.493 e. The molecule has 1 N–H and O–H groups in total. The summed E-state index contributed by atoms with van der Waals surface area (Å²) >= 11 is 0. The molecule has 0 unspecified atom stereocenters. The second-order valence-corrected chi connectivity index (χ2v) is 5.47. The van der Waals surface area contributed by atoms with Crippen LogP contribution in [0, 0.1) is 6.92 Å². The van der Waals surface area contributed by atoms with Crippen molar-refractivity contribution < 1.29 is 14.3 Å². The number of rotatable bonds is 4. The van der Waals surface area contributed by atoms with Gasteiger partial charge in [-0.15, -0.1) is 0 Å². The molecular formula is C18H19NO3. The standard InChI is InChI=1S/C18H19NO3/c1-11-5-4-6-13-14(18(20)19-17(11)13)9-12-7-8-15(21-2)16(10-12)22-3/h4-8,10,14H,9H2,1-3H3,(H,19,20)/t14-/m1/s1. The Balaban J connectivity index is 1.91. The average molecular weight is 297 g/mol. The van der Waals surface area contributed by atoms with Gasteiger partial charge in [0.05, 0.1) is 20.1 Å². The third kappa shape index (κ3) is 2.41. The predicted octanol–water partition coefficient (Wildman–Crippen LogP) is 3.29. The molecule has 2 aromatic carbocycles. The summed E-state index contributed by atoms with van der Waals surface area (Å²) in [5.41, 5.74) is 4.17. The van der Waals surface area contributed by atoms with E-state index < -0.39 is 0 Å². The quantitative estimate of drug-likeness (QED) is 0.942. The molecule has 3 rings (SSSR count). The van der Waals surface area contributed by atoms with Gasteiger partial charge in [-0.25, -0.2) is 0 Å². The Labute approximate surface area is 130 Å². The zero-order valence-electron chi connectivity index (χ0n) is 13.0. The first-order valence-corrected chi connectivity index (χ1v) is 7.25. The van der Waals surface area contributed by atoms with Crippen molar-refractivity contribution in [1.29, 1.82) is 0 Å². The zero-order valence-corrected chi connectivity index (χ0v) is 13.0. The molecule has 0 bridgehead atoms. The summed E-state index contributed by atoms with van der Waals surface area (Å²) < 4.78 is 10.6. The number of benzene rings is 2. The molecule has 0 fully saturated rings. The second-order valence-electron chi connectivity index (χ2n) is 5.47. The molecule has 1 atom stereocenters. The highest BCUT2D eigenvalue weighted by atomic mass is 16.5. The first-order valence-electron chi connectivity index (χ1n) is 7.25. The van der Waals surface area contributed by atoms with Gasteiger partial charge in [0.25, 0.3) is 0 Å². The maximum Gasteiger partial charge on any atom is 0.232 e. The van der Waals surface area contributed by atoms with Gasteiger partial charge >= 0.3 is 0 Å². The number of anilines is 1. The fraction of sp³-hybridized carbons (Fsp3) is 0.278. The number of amides is 1. The Morgan fingerprint density at radius 1 is 1.09 bits per heavy atom. The summed E-state index contributed by atoms with van der Waals surface area (Å²) in [6, 6.07) is 11.8. The van der Waals surface area contributed by atoms with Gasteiger partial charge < -0.3 is 14.8 Å². The third-order valence-electron chi connectivity index (χ3n) is 4.13. The molecule has 0 aromatic heterocycles. The van der Waals surface area contributed by atoms with Crippen molar-refractivity contribution in [3.8, 4) is 11.5 Å². The van der Waals surface area contributed by atoms with E-state index in [1.54, 1.807) is 14.2 Å². The summed E-state index contributed by atoms with van der Waals surface area (Å²) in [5.74, 6) is 1.27. The van der Waals surface area contributed by atoms with Crippen LogP contribution in [-0.4, -0.2) is 20.1 Å². The molecule has 4 heteroatoms. The molecular weight excluding hydrogens is 278 g/mol. The summed E-state index contributed by atoms with van der Waals surface area (Å²) in [4.78, 5) is 12.3. The number of carbonyl (C=O) groups is 1. The number of nitrogens with one attached hydrogen (secondary N) is 1. The lowest BCUT2D eigenvalue weighted by Crippen LogP contribution is -2.14. The predicted molar refractivity (Wildman–Crippen MR) is 85.8 cm³/mol. The lowest BCUT2D eigenvalue weighted by Gasteiger charge is -2.12. The molecule has 4 nitrogen and oxygen atoms in total. The number of carbonyl (C=O) groups excluding carboxylic acids is 1. The highest BCUT2D eigenvalue weighted by Gasteiger charge is 2.31. The van der Waals surface area contributed by atoms with E-state index in [4.69, 9.17) is 9.47 Å². The molecule has 1 amide bonds. The highest BCUT2D eigenvalue weighted by molar-refractivity contribution is 6.03. The second kappa shape index (κ2) is 5.72. The lowest BCUT2D eigenvalue weighted by atomic mass is 9.92. The van der Waals surface area contributed by atoms with E-state index in [2.05, 4.69) is 5.32 Å². The number of para-hydroxylation sites is 1. The van der Waals surface area contributed by atoms with E-state index in [0.29, 0.717) is 17.9 Å². The van der Waals surface area contributed by atoms with E-state index >= 15 is 0 Å². The number of hydrogen-bond acceptors (Lipinski definition) is 3. The molecule has 2 aromatic rings. The van der Waals surface area contributed by atoms with Crippen molar-refractivity contribution in [1.82, 2.24) is 0 Å². The van der Waals surface area contributed by atoms with Crippen LogP contribution in [0.25, 0.3) is 0 Å². The van der Waals surface area contributed by atoms with Crippen molar-refractivity contribution in [3.63, 3.8) is 0 Å². The van der Waals surface area contributed by atoms with Gasteiger partial charge in [-0.3, -0.25) is 4.79 Å². The molecule has 0 spiro atoms. The molecule has 1 aliphatic rings. The van der Waals surface area contributed by atoms with Crippen LogP contribution in [0.1, 0.15) is 22.6 Å². The zero-order chi connectivity index (χ0) is 15.7. The SMILES string of the molecule is COc1ccc(C[C@H]2C(=O)Nc3c(C)cccc32)cc1OC. The Morgan fingerprint density at radius 3 is 2.59 bits per heavy atom. The Hall–Kier alpha value is -2.49. The van der Waals surface area contributed by atoms with Crippen molar-refractivity contribution >= 4 is 11.6 Å². The minimum absolute atomic E-state index is 0.0547. The number of hydrogen-bond donors (Lipinski definition) is 1. The maximum absolute atomic E-state index is 12.3. The van der Waals surface area contributed by atoms with Crippen LogP contribution >= 0.6 is 0 Å². The summed E-state index contributed by atoms with van der Waals surface area (Å²) in [7, 11) is 3.23. The molecule has 0 radical (unpaired) electrons. The van der Waals surface area contributed by atoms with Crippen molar-refractivity contribution in [3.05, 3.63) is 53.1 Å². The molecule has 114 valence electrons. The van der Waals surface area contributed by atoms with Crippen LogP contribution in [0.15, 0.2) is 36.4 Å². The minimum Gasteiger partial charge on any atom is -0.493 e. The van der Waals surface area contributed by atoms with Crippen molar-refractivity contribution in [2.75, 3.05) is 19.5 Å². The van der Waals surface area contributed by atoms with Gasteiger partial charge in [-0.1, -0.05) is 24.3 Å². The van der Waals surface area contributed by atoms with Gasteiger partial charge in [0.15, 0.2) is 11.5 Å². The van der Waals surface area contributed by atoms with Gasteiger partial charge in [0.1, 0.15) is 0 Å². The van der Waals surface area contributed by atoms with Gasteiger partial charge in [-0.2, -0.15) is 0 Å². The number of methoxy groups -OCH3 is 2. The summed E-state index contributed by atoms with van der Waals surface area (Å²) in [5, 5.41) is 2.99. The first kappa shape index (κ1) is 14.4. The monoisotopic (exact) mass is 297 g/mol. The van der Waals surface area contributed by atoms with Crippen LogP contribution in [0.5, 0.6) is 11.5 Å². The topological polar surface area (TPSA) is 47.6 Å². The smallest absolute Gasteiger partial charge is 0.232 e.